The van der Waals surface area contributed by atoms with Crippen molar-refractivity contribution in [2.24, 2.45) is 15.7 Å². The molecular formula is C51H41N5O. The van der Waals surface area contributed by atoms with Gasteiger partial charge < -0.3 is 16.0 Å². The highest BCUT2D eigenvalue weighted by atomic mass is 16.1. The fourth-order valence-electron chi connectivity index (χ4n) is 7.54. The molecule has 57 heavy (non-hydrogen) atoms. The molecule has 8 rings (SSSR count). The molecule has 0 atom stereocenters. The van der Waals surface area contributed by atoms with E-state index in [-0.39, 0.29) is 0 Å². The van der Waals surface area contributed by atoms with Gasteiger partial charge in [-0.05, 0) is 78.7 Å². The first-order chi connectivity index (χ1) is 27.9. The van der Waals surface area contributed by atoms with Gasteiger partial charge in [0.15, 0.2) is 5.84 Å². The number of nitrogens with two attached hydrogens (primary N) is 1. The van der Waals surface area contributed by atoms with Crippen LogP contribution < -0.4 is 16.0 Å². The molecule has 0 unspecified atom stereocenters. The second-order valence-corrected chi connectivity index (χ2v) is 13.8. The zero-order valence-corrected chi connectivity index (χ0v) is 31.9. The molecular weight excluding hydrogens is 699 g/mol. The second kappa shape index (κ2) is 16.0. The summed E-state index contributed by atoms with van der Waals surface area (Å²) in [5.41, 5.74) is 18.1. The summed E-state index contributed by atoms with van der Waals surface area (Å²) in [4.78, 5) is 23.4. The summed E-state index contributed by atoms with van der Waals surface area (Å²) < 4.78 is 0. The Balaban J connectivity index is 1.28. The van der Waals surface area contributed by atoms with E-state index in [1.807, 2.05) is 92.0 Å². The molecule has 6 heteroatoms. The van der Waals surface area contributed by atoms with Crippen molar-refractivity contribution in [2.75, 3.05) is 24.3 Å². The summed E-state index contributed by atoms with van der Waals surface area (Å²) in [5, 5.41) is 7.73. The molecule has 0 aliphatic rings. The number of aliphatic imine (C=N–C) groups is 2. The van der Waals surface area contributed by atoms with Gasteiger partial charge in [0.1, 0.15) is 5.84 Å². The minimum absolute atomic E-state index is 0.338. The van der Waals surface area contributed by atoms with Crippen LogP contribution in [0.25, 0.3) is 60.6 Å². The van der Waals surface area contributed by atoms with Crippen LogP contribution in [0, 0.1) is 0 Å². The van der Waals surface area contributed by atoms with E-state index in [2.05, 4.69) is 103 Å². The SMILES string of the molecule is C=C(N=C(N=C(N)c1cccc(-c2c3ccccc3c(-c3ccc(N(C)C=O)c(NC)c3)c3ccccc23)c1)c1ccccc1-c1ccccc1)c1ccccc1. The maximum absolute atomic E-state index is 11.7. The molecule has 0 radical (unpaired) electrons. The van der Waals surface area contributed by atoms with E-state index in [0.29, 0.717) is 17.4 Å². The lowest BCUT2D eigenvalue weighted by molar-refractivity contribution is -0.107. The van der Waals surface area contributed by atoms with Gasteiger partial charge in [-0.3, -0.25) is 4.79 Å². The summed E-state index contributed by atoms with van der Waals surface area (Å²) in [6, 6.07) is 59.7. The molecule has 0 fully saturated rings. The third-order valence-corrected chi connectivity index (χ3v) is 10.3. The zero-order valence-electron chi connectivity index (χ0n) is 31.9. The Morgan fingerprint density at radius 2 is 1.12 bits per heavy atom. The minimum atomic E-state index is 0.338. The maximum Gasteiger partial charge on any atom is 0.213 e. The van der Waals surface area contributed by atoms with Crippen LogP contribution in [-0.4, -0.2) is 32.2 Å². The normalized spacial score (nSPS) is 11.8. The molecule has 0 aromatic heterocycles. The van der Waals surface area contributed by atoms with Crippen LogP contribution in [0.4, 0.5) is 11.4 Å². The molecule has 0 bridgehead atoms. The van der Waals surface area contributed by atoms with Gasteiger partial charge in [-0.1, -0.05) is 164 Å². The number of hydrogen-bond donors (Lipinski definition) is 2. The van der Waals surface area contributed by atoms with Crippen LogP contribution >= 0.6 is 0 Å². The molecule has 0 aliphatic carbocycles. The number of hydrogen-bond acceptors (Lipinski definition) is 3. The Morgan fingerprint density at radius 1 is 0.596 bits per heavy atom. The van der Waals surface area contributed by atoms with E-state index >= 15 is 0 Å². The van der Waals surface area contributed by atoms with Crippen molar-refractivity contribution >= 4 is 56.7 Å². The first-order valence-corrected chi connectivity index (χ1v) is 18.8. The highest BCUT2D eigenvalue weighted by Crippen LogP contribution is 2.45. The third-order valence-electron chi connectivity index (χ3n) is 10.3. The Kier molecular flexibility index (Phi) is 10.2. The Bertz CT molecular complexity index is 2790. The van der Waals surface area contributed by atoms with Crippen LogP contribution in [0.1, 0.15) is 16.7 Å². The molecule has 8 aromatic carbocycles. The summed E-state index contributed by atoms with van der Waals surface area (Å²) in [6.45, 7) is 4.32. The van der Waals surface area contributed by atoms with Crippen molar-refractivity contribution in [3.8, 4) is 33.4 Å². The van der Waals surface area contributed by atoms with Crippen molar-refractivity contribution in [3.05, 3.63) is 199 Å². The number of carbonyl (C=O) groups is 1. The van der Waals surface area contributed by atoms with E-state index in [1.54, 1.807) is 11.9 Å². The van der Waals surface area contributed by atoms with Gasteiger partial charge in [0.2, 0.25) is 6.41 Å². The predicted octanol–water partition coefficient (Wildman–Crippen LogP) is 11.5. The van der Waals surface area contributed by atoms with Crippen molar-refractivity contribution in [3.63, 3.8) is 0 Å². The van der Waals surface area contributed by atoms with E-state index < -0.39 is 0 Å². The van der Waals surface area contributed by atoms with Gasteiger partial charge in [-0.2, -0.15) is 0 Å². The fourth-order valence-corrected chi connectivity index (χ4v) is 7.54. The predicted molar refractivity (Wildman–Crippen MR) is 241 cm³/mol. The number of anilines is 2. The van der Waals surface area contributed by atoms with Gasteiger partial charge in [-0.15, -0.1) is 0 Å². The smallest absolute Gasteiger partial charge is 0.213 e. The lowest BCUT2D eigenvalue weighted by Gasteiger charge is -2.20. The summed E-state index contributed by atoms with van der Waals surface area (Å²) in [6.07, 6.45) is 0.819. The quantitative estimate of drug-likeness (QED) is 0.0634. The monoisotopic (exact) mass is 739 g/mol. The van der Waals surface area contributed by atoms with Crippen LogP contribution in [-0.2, 0) is 4.79 Å². The fraction of sp³-hybridized carbons (Fsp3) is 0.0392. The van der Waals surface area contributed by atoms with E-state index in [0.717, 1.165) is 89.4 Å². The number of amidine groups is 2. The Hall–Kier alpha value is -7.57. The van der Waals surface area contributed by atoms with E-state index in [4.69, 9.17) is 15.7 Å². The lowest BCUT2D eigenvalue weighted by atomic mass is 9.85. The summed E-state index contributed by atoms with van der Waals surface area (Å²) in [7, 11) is 3.63. The minimum Gasteiger partial charge on any atom is -0.386 e. The third kappa shape index (κ3) is 7.20. The highest BCUT2D eigenvalue weighted by molar-refractivity contribution is 6.22. The number of nitrogens with one attached hydrogen (secondary N) is 1. The standard InChI is InChI=1S/C51H41N5O/c1-34(35-17-6-4-7-18-35)54-51(45-28-15-10-23-40(45)36-19-8-5-9-20-36)55-50(52)39-22-16-21-37(31-39)48-41-24-11-13-26-43(41)49(44-27-14-12-25-42(44)48)38-29-30-47(56(3)33-57)46(32-38)53-2/h4-33,53H,1H2,2-3H3,(H2,52,54,55). The largest absolute Gasteiger partial charge is 0.386 e. The van der Waals surface area contributed by atoms with Crippen molar-refractivity contribution in [2.45, 2.75) is 0 Å². The van der Waals surface area contributed by atoms with Gasteiger partial charge >= 0.3 is 0 Å². The van der Waals surface area contributed by atoms with Gasteiger partial charge in [0.25, 0.3) is 0 Å². The van der Waals surface area contributed by atoms with E-state index in [1.165, 1.54) is 0 Å². The topological polar surface area (TPSA) is 83.1 Å². The number of rotatable bonds is 10. The van der Waals surface area contributed by atoms with Gasteiger partial charge in [0.05, 0.1) is 17.1 Å². The molecule has 0 saturated carbocycles. The number of amides is 1. The Morgan fingerprint density at radius 3 is 1.74 bits per heavy atom. The zero-order chi connectivity index (χ0) is 39.3. The molecule has 0 aliphatic heterocycles. The number of nitrogens with zero attached hydrogens (tertiary/aromatic N) is 3. The van der Waals surface area contributed by atoms with Crippen LogP contribution in [0.2, 0.25) is 0 Å². The molecule has 0 saturated heterocycles. The van der Waals surface area contributed by atoms with Gasteiger partial charge in [0, 0.05) is 25.2 Å². The first kappa shape index (κ1) is 36.4. The van der Waals surface area contributed by atoms with Crippen LogP contribution in [0.3, 0.4) is 0 Å². The second-order valence-electron chi connectivity index (χ2n) is 13.8. The molecule has 276 valence electrons. The number of fused-ring (bicyclic) bond motifs is 2. The summed E-state index contributed by atoms with van der Waals surface area (Å²) >= 11 is 0. The lowest BCUT2D eigenvalue weighted by Crippen LogP contribution is -2.17. The average molecular weight is 740 g/mol. The van der Waals surface area contributed by atoms with E-state index in [9.17, 15) is 4.79 Å². The van der Waals surface area contributed by atoms with Crippen molar-refractivity contribution in [1.82, 2.24) is 0 Å². The van der Waals surface area contributed by atoms with Crippen LogP contribution in [0.5, 0.6) is 0 Å². The summed E-state index contributed by atoms with van der Waals surface area (Å²) in [5.74, 6) is 0.808. The Labute approximate surface area is 333 Å². The van der Waals surface area contributed by atoms with Gasteiger partial charge in [-0.25, -0.2) is 9.98 Å². The number of carbonyl (C=O) groups excluding carboxylic acids is 1. The molecule has 0 heterocycles. The van der Waals surface area contributed by atoms with Crippen molar-refractivity contribution < 1.29 is 4.79 Å². The number of benzene rings is 8. The van der Waals surface area contributed by atoms with Crippen LogP contribution in [0.15, 0.2) is 192 Å². The maximum atomic E-state index is 11.7. The molecule has 8 aromatic rings. The first-order valence-electron chi connectivity index (χ1n) is 18.8. The molecule has 1 amide bonds. The molecule has 3 N–H and O–H groups in total. The average Bonchev–Trinajstić information content (AvgIpc) is 3.28. The highest BCUT2D eigenvalue weighted by Gasteiger charge is 2.19. The molecule has 6 nitrogen and oxygen atoms in total. The molecule has 0 spiro atoms. The van der Waals surface area contributed by atoms with Crippen molar-refractivity contribution in [1.29, 1.82) is 0 Å².